The van der Waals surface area contributed by atoms with Crippen molar-refractivity contribution in [2.24, 2.45) is 5.92 Å². The minimum Gasteiger partial charge on any atom is -0.459 e. The average Bonchev–Trinajstić information content (AvgIpc) is 3.09. The maximum Gasteiger partial charge on any atom is 0.343 e. The maximum atomic E-state index is 12.8. The van der Waals surface area contributed by atoms with Crippen LogP contribution in [0.5, 0.6) is 0 Å². The summed E-state index contributed by atoms with van der Waals surface area (Å²) >= 11 is 0. The van der Waals surface area contributed by atoms with Gasteiger partial charge in [-0.15, -0.1) is 0 Å². The van der Waals surface area contributed by atoms with Gasteiger partial charge in [0, 0.05) is 19.6 Å². The van der Waals surface area contributed by atoms with Crippen LogP contribution in [0.25, 0.3) is 0 Å². The van der Waals surface area contributed by atoms with E-state index in [0.717, 1.165) is 19.5 Å². The Labute approximate surface area is 155 Å². The summed E-state index contributed by atoms with van der Waals surface area (Å²) in [6.07, 6.45) is 0.613. The van der Waals surface area contributed by atoms with E-state index in [0.29, 0.717) is 12.1 Å². The maximum absolute atomic E-state index is 12.8. The number of likely N-dealkylation sites (tertiary alicyclic amines) is 1. The van der Waals surface area contributed by atoms with Crippen molar-refractivity contribution in [2.45, 2.75) is 38.5 Å². The lowest BCUT2D eigenvalue weighted by Gasteiger charge is -2.31. The zero-order valence-electron chi connectivity index (χ0n) is 15.5. The van der Waals surface area contributed by atoms with Gasteiger partial charge in [0.25, 0.3) is 0 Å². The van der Waals surface area contributed by atoms with Crippen LogP contribution in [-0.2, 0) is 21.7 Å². The zero-order valence-corrected chi connectivity index (χ0v) is 15.5. The molecule has 0 aromatic heterocycles. The topological polar surface area (TPSA) is 49.8 Å². The lowest BCUT2D eigenvalue weighted by Crippen LogP contribution is -2.44. The molecule has 2 unspecified atom stereocenters. The Kier molecular flexibility index (Phi) is 5.74. The summed E-state index contributed by atoms with van der Waals surface area (Å²) in [6, 6.07) is 19.4. The van der Waals surface area contributed by atoms with Gasteiger partial charge in [-0.05, 0) is 23.5 Å². The Morgan fingerprint density at radius 2 is 1.77 bits per heavy atom. The highest BCUT2D eigenvalue weighted by atomic mass is 16.6. The number of rotatable bonds is 6. The molecular weight excluding hydrogens is 326 g/mol. The molecule has 2 aromatic carbocycles. The number of benzene rings is 2. The van der Waals surface area contributed by atoms with E-state index < -0.39 is 11.6 Å². The molecule has 0 saturated carbocycles. The van der Waals surface area contributed by atoms with Crippen LogP contribution in [-0.4, -0.2) is 35.2 Å². The van der Waals surface area contributed by atoms with E-state index in [1.54, 1.807) is 12.1 Å². The molecule has 0 aliphatic carbocycles. The van der Waals surface area contributed by atoms with Gasteiger partial charge in [-0.3, -0.25) is 4.90 Å². The Balaban J connectivity index is 1.64. The van der Waals surface area contributed by atoms with E-state index in [-0.39, 0.29) is 12.0 Å². The minimum atomic E-state index is -1.62. The lowest BCUT2D eigenvalue weighted by molar-refractivity contribution is -0.177. The molecule has 1 fully saturated rings. The summed E-state index contributed by atoms with van der Waals surface area (Å²) in [7, 11) is 0. The van der Waals surface area contributed by atoms with Gasteiger partial charge in [-0.2, -0.15) is 0 Å². The van der Waals surface area contributed by atoms with Crippen molar-refractivity contribution in [2.75, 3.05) is 13.1 Å². The van der Waals surface area contributed by atoms with Crippen LogP contribution in [0.15, 0.2) is 60.7 Å². The number of aliphatic hydroxyl groups is 1. The molecule has 2 atom stereocenters. The normalized spacial score (nSPS) is 20.1. The molecule has 1 N–H and O–H groups in total. The molecule has 1 aliphatic heterocycles. The minimum absolute atomic E-state index is 0.180. The largest absolute Gasteiger partial charge is 0.459 e. The van der Waals surface area contributed by atoms with Crippen molar-refractivity contribution >= 4 is 5.97 Å². The van der Waals surface area contributed by atoms with Gasteiger partial charge in [0.15, 0.2) is 5.60 Å². The molecule has 2 aromatic rings. The quantitative estimate of drug-likeness (QED) is 0.809. The van der Waals surface area contributed by atoms with E-state index in [1.807, 2.05) is 50.2 Å². The van der Waals surface area contributed by atoms with Gasteiger partial charge in [-0.25, -0.2) is 4.79 Å². The van der Waals surface area contributed by atoms with Crippen LogP contribution in [0.4, 0.5) is 0 Å². The van der Waals surface area contributed by atoms with E-state index in [4.69, 9.17) is 4.74 Å². The van der Waals surface area contributed by atoms with Crippen molar-refractivity contribution in [3.8, 4) is 0 Å². The number of esters is 1. The van der Waals surface area contributed by atoms with E-state index >= 15 is 0 Å². The van der Waals surface area contributed by atoms with Crippen molar-refractivity contribution in [1.29, 1.82) is 0 Å². The second-order valence-electron chi connectivity index (χ2n) is 7.32. The Hall–Kier alpha value is -2.17. The molecule has 0 spiro atoms. The Morgan fingerprint density at radius 1 is 1.15 bits per heavy atom. The fraction of sp³-hybridized carbons (Fsp3) is 0.409. The van der Waals surface area contributed by atoms with Crippen molar-refractivity contribution in [3.05, 3.63) is 71.8 Å². The number of carbonyl (C=O) groups excluding carboxylic acids is 1. The summed E-state index contributed by atoms with van der Waals surface area (Å²) < 4.78 is 5.73. The van der Waals surface area contributed by atoms with Gasteiger partial charge in [0.2, 0.25) is 0 Å². The predicted molar refractivity (Wildman–Crippen MR) is 101 cm³/mol. The molecule has 4 nitrogen and oxygen atoms in total. The highest BCUT2D eigenvalue weighted by Crippen LogP contribution is 2.32. The highest BCUT2D eigenvalue weighted by Gasteiger charge is 2.44. The first-order valence-electron chi connectivity index (χ1n) is 9.25. The SMILES string of the molecule is CC(C)C(O)(C(=O)OC1CCN(Cc2ccccc2)C1)c1ccccc1. The van der Waals surface area contributed by atoms with Gasteiger partial charge >= 0.3 is 5.97 Å². The van der Waals surface area contributed by atoms with Crippen molar-refractivity contribution in [3.63, 3.8) is 0 Å². The first kappa shape index (κ1) is 18.6. The molecule has 3 rings (SSSR count). The molecule has 26 heavy (non-hydrogen) atoms. The Morgan fingerprint density at radius 3 is 2.38 bits per heavy atom. The highest BCUT2D eigenvalue weighted by molar-refractivity contribution is 5.81. The molecule has 0 bridgehead atoms. The smallest absolute Gasteiger partial charge is 0.343 e. The standard InChI is InChI=1S/C22H27NO3/c1-17(2)22(25,19-11-7-4-8-12-19)21(24)26-20-13-14-23(16-20)15-18-9-5-3-6-10-18/h3-12,17,20,25H,13-16H2,1-2H3. The summed E-state index contributed by atoms with van der Waals surface area (Å²) in [5, 5.41) is 11.1. The van der Waals surface area contributed by atoms with Crippen LogP contribution in [0.1, 0.15) is 31.4 Å². The first-order valence-corrected chi connectivity index (χ1v) is 9.25. The lowest BCUT2D eigenvalue weighted by atomic mass is 9.83. The van der Waals surface area contributed by atoms with Gasteiger partial charge in [0.1, 0.15) is 6.10 Å². The number of nitrogens with zero attached hydrogens (tertiary/aromatic N) is 1. The number of hydrogen-bond donors (Lipinski definition) is 1. The summed E-state index contributed by atoms with van der Waals surface area (Å²) in [5.74, 6) is -0.829. The molecule has 1 saturated heterocycles. The predicted octanol–water partition coefficient (Wildman–Crippen LogP) is 3.35. The summed E-state index contributed by atoms with van der Waals surface area (Å²) in [4.78, 5) is 15.1. The molecule has 138 valence electrons. The zero-order chi connectivity index (χ0) is 18.6. The van der Waals surface area contributed by atoms with Gasteiger partial charge in [-0.1, -0.05) is 74.5 Å². The van der Waals surface area contributed by atoms with Crippen LogP contribution >= 0.6 is 0 Å². The van der Waals surface area contributed by atoms with Gasteiger partial charge in [0.05, 0.1) is 0 Å². The second-order valence-corrected chi connectivity index (χ2v) is 7.32. The third-order valence-electron chi connectivity index (χ3n) is 5.11. The second kappa shape index (κ2) is 8.02. The molecule has 0 radical (unpaired) electrons. The number of ether oxygens (including phenoxy) is 1. The first-order chi connectivity index (χ1) is 12.5. The molecule has 0 amide bonds. The molecule has 4 heteroatoms. The van der Waals surface area contributed by atoms with Crippen LogP contribution in [0.2, 0.25) is 0 Å². The fourth-order valence-corrected chi connectivity index (χ4v) is 3.50. The Bertz CT molecular complexity index is 717. The molecular formula is C22H27NO3. The third-order valence-corrected chi connectivity index (χ3v) is 5.11. The van der Waals surface area contributed by atoms with E-state index in [9.17, 15) is 9.90 Å². The monoisotopic (exact) mass is 353 g/mol. The van der Waals surface area contributed by atoms with E-state index in [1.165, 1.54) is 5.56 Å². The van der Waals surface area contributed by atoms with Crippen LogP contribution in [0, 0.1) is 5.92 Å². The third kappa shape index (κ3) is 3.97. The van der Waals surface area contributed by atoms with E-state index in [2.05, 4.69) is 17.0 Å². The van der Waals surface area contributed by atoms with Crippen molar-refractivity contribution < 1.29 is 14.6 Å². The van der Waals surface area contributed by atoms with Crippen molar-refractivity contribution in [1.82, 2.24) is 4.90 Å². The summed E-state index contributed by atoms with van der Waals surface area (Å²) in [5.41, 5.74) is 0.218. The number of carbonyl (C=O) groups is 1. The van der Waals surface area contributed by atoms with Crippen LogP contribution < -0.4 is 0 Å². The average molecular weight is 353 g/mol. The molecule has 1 heterocycles. The summed E-state index contributed by atoms with van der Waals surface area (Å²) in [6.45, 7) is 6.11. The number of hydrogen-bond acceptors (Lipinski definition) is 4. The van der Waals surface area contributed by atoms with Gasteiger partial charge < -0.3 is 9.84 Å². The fourth-order valence-electron chi connectivity index (χ4n) is 3.50. The van der Waals surface area contributed by atoms with Crippen LogP contribution in [0.3, 0.4) is 0 Å². The molecule has 1 aliphatic rings.